The van der Waals surface area contributed by atoms with Gasteiger partial charge in [-0.15, -0.1) is 0 Å². The second-order valence-corrected chi connectivity index (χ2v) is 7.81. The lowest BCUT2D eigenvalue weighted by Crippen LogP contribution is -2.43. The summed E-state index contributed by atoms with van der Waals surface area (Å²) in [4.78, 5) is 43.2. The zero-order valence-electron chi connectivity index (χ0n) is 18.6. The molecule has 1 amide bonds. The molecule has 1 aliphatic heterocycles. The summed E-state index contributed by atoms with van der Waals surface area (Å²) in [5, 5.41) is 0.525. The van der Waals surface area contributed by atoms with Crippen molar-refractivity contribution in [2.75, 3.05) is 50.7 Å². The molecule has 0 atom stereocenters. The lowest BCUT2D eigenvalue weighted by Gasteiger charge is -2.32. The van der Waals surface area contributed by atoms with E-state index in [1.165, 1.54) is 0 Å². The molecule has 30 heavy (non-hydrogen) atoms. The number of pyridine rings is 1. The Balaban J connectivity index is 1.73. The van der Waals surface area contributed by atoms with E-state index in [1.807, 2.05) is 24.8 Å². The van der Waals surface area contributed by atoms with Crippen LogP contribution in [0.4, 0.5) is 5.95 Å². The van der Waals surface area contributed by atoms with Gasteiger partial charge < -0.3 is 14.8 Å². The minimum atomic E-state index is -0.132. The van der Waals surface area contributed by atoms with E-state index in [4.69, 9.17) is 0 Å². The molecule has 8 heteroatoms. The van der Waals surface area contributed by atoms with Crippen molar-refractivity contribution in [2.24, 2.45) is 0 Å². The Bertz CT molecular complexity index is 911. The van der Waals surface area contributed by atoms with E-state index in [1.54, 1.807) is 6.20 Å². The van der Waals surface area contributed by atoms with Gasteiger partial charge in [0.2, 0.25) is 11.9 Å². The monoisotopic (exact) mass is 414 g/mol. The molecule has 3 rings (SSSR count). The molecule has 3 heterocycles. The SMILES string of the molecule is CCN(CC)C(=O)CN1CCC(c2cc3nc(N(CC)CC)ncc3c(=O)[nH]2)CC1. The van der Waals surface area contributed by atoms with Crippen molar-refractivity contribution in [2.45, 2.75) is 46.5 Å². The zero-order valence-corrected chi connectivity index (χ0v) is 18.6. The number of piperidine rings is 1. The zero-order chi connectivity index (χ0) is 21.7. The fourth-order valence-electron chi connectivity index (χ4n) is 4.20. The lowest BCUT2D eigenvalue weighted by atomic mass is 9.92. The highest BCUT2D eigenvalue weighted by molar-refractivity contribution is 5.78. The molecule has 0 saturated carbocycles. The third-order valence-corrected chi connectivity index (χ3v) is 6.15. The number of aromatic amines is 1. The first-order chi connectivity index (χ1) is 14.5. The van der Waals surface area contributed by atoms with Crippen molar-refractivity contribution in [1.29, 1.82) is 0 Å². The van der Waals surface area contributed by atoms with Crippen LogP contribution in [0.5, 0.6) is 0 Å². The van der Waals surface area contributed by atoms with Gasteiger partial charge >= 0.3 is 0 Å². The Morgan fingerprint density at radius 3 is 2.40 bits per heavy atom. The number of anilines is 1. The maximum Gasteiger partial charge on any atom is 0.259 e. The Kier molecular flexibility index (Phi) is 7.42. The average molecular weight is 415 g/mol. The molecule has 164 valence electrons. The highest BCUT2D eigenvalue weighted by Gasteiger charge is 2.24. The Morgan fingerprint density at radius 1 is 1.13 bits per heavy atom. The third kappa shape index (κ3) is 4.80. The van der Waals surface area contributed by atoms with Crippen LogP contribution in [0, 0.1) is 0 Å². The fraction of sp³-hybridized carbons (Fsp3) is 0.636. The van der Waals surface area contributed by atoms with Crippen molar-refractivity contribution in [3.05, 3.63) is 28.3 Å². The number of amides is 1. The van der Waals surface area contributed by atoms with E-state index in [2.05, 4.69) is 38.6 Å². The van der Waals surface area contributed by atoms with Crippen molar-refractivity contribution >= 4 is 22.8 Å². The molecule has 0 bridgehead atoms. The van der Waals surface area contributed by atoms with Crippen LogP contribution >= 0.6 is 0 Å². The van der Waals surface area contributed by atoms with Gasteiger partial charge in [0.25, 0.3) is 5.56 Å². The predicted molar refractivity (Wildman–Crippen MR) is 120 cm³/mol. The number of hydrogen-bond acceptors (Lipinski definition) is 6. The molecule has 1 aliphatic rings. The van der Waals surface area contributed by atoms with Gasteiger partial charge in [-0.2, -0.15) is 0 Å². The Labute approximate surface area is 178 Å². The first-order valence-electron chi connectivity index (χ1n) is 11.2. The van der Waals surface area contributed by atoms with Crippen molar-refractivity contribution in [3.63, 3.8) is 0 Å². The van der Waals surface area contributed by atoms with E-state index in [0.29, 0.717) is 23.4 Å². The van der Waals surface area contributed by atoms with Crippen molar-refractivity contribution < 1.29 is 4.79 Å². The molecule has 0 radical (unpaired) electrons. The molecule has 0 aromatic carbocycles. The summed E-state index contributed by atoms with van der Waals surface area (Å²) in [6.45, 7) is 13.5. The van der Waals surface area contributed by atoms with Crippen LogP contribution in [0.15, 0.2) is 17.1 Å². The molecule has 0 unspecified atom stereocenters. The van der Waals surface area contributed by atoms with Gasteiger partial charge in [0.15, 0.2) is 0 Å². The van der Waals surface area contributed by atoms with Crippen LogP contribution in [-0.2, 0) is 4.79 Å². The van der Waals surface area contributed by atoms with Crippen LogP contribution in [0.3, 0.4) is 0 Å². The van der Waals surface area contributed by atoms with Gasteiger partial charge in [0.1, 0.15) is 0 Å². The third-order valence-electron chi connectivity index (χ3n) is 6.15. The van der Waals surface area contributed by atoms with Crippen molar-refractivity contribution in [1.82, 2.24) is 24.8 Å². The first kappa shape index (κ1) is 22.2. The average Bonchev–Trinajstić information content (AvgIpc) is 2.76. The van der Waals surface area contributed by atoms with Crippen LogP contribution in [-0.4, -0.2) is 76.5 Å². The number of hydrogen-bond donors (Lipinski definition) is 1. The number of nitrogens with one attached hydrogen (secondary N) is 1. The minimum Gasteiger partial charge on any atom is -0.342 e. The molecule has 1 N–H and O–H groups in total. The maximum absolute atomic E-state index is 12.6. The summed E-state index contributed by atoms with van der Waals surface area (Å²) < 4.78 is 0. The van der Waals surface area contributed by atoms with Crippen LogP contribution in [0.25, 0.3) is 10.9 Å². The number of likely N-dealkylation sites (tertiary alicyclic amines) is 1. The number of rotatable bonds is 8. The lowest BCUT2D eigenvalue weighted by molar-refractivity contribution is -0.132. The minimum absolute atomic E-state index is 0.132. The summed E-state index contributed by atoms with van der Waals surface area (Å²) in [6, 6.07) is 2.01. The number of fused-ring (bicyclic) bond motifs is 1. The Morgan fingerprint density at radius 2 is 1.80 bits per heavy atom. The normalized spacial score (nSPS) is 15.5. The smallest absolute Gasteiger partial charge is 0.259 e. The number of aromatic nitrogens is 3. The summed E-state index contributed by atoms with van der Waals surface area (Å²) >= 11 is 0. The molecule has 2 aromatic rings. The molecule has 2 aromatic heterocycles. The number of likely N-dealkylation sites (N-methyl/N-ethyl adjacent to an activating group) is 1. The summed E-state index contributed by atoms with van der Waals surface area (Å²) in [7, 11) is 0. The topological polar surface area (TPSA) is 85.4 Å². The van der Waals surface area contributed by atoms with E-state index in [0.717, 1.165) is 57.8 Å². The van der Waals surface area contributed by atoms with E-state index < -0.39 is 0 Å². The van der Waals surface area contributed by atoms with Gasteiger partial charge in [0.05, 0.1) is 17.4 Å². The molecule has 1 fully saturated rings. The molecule has 0 spiro atoms. The molecule has 8 nitrogen and oxygen atoms in total. The fourth-order valence-corrected chi connectivity index (χ4v) is 4.20. The predicted octanol–water partition coefficient (Wildman–Crippen LogP) is 2.21. The van der Waals surface area contributed by atoms with Gasteiger partial charge in [-0.05, 0) is 59.7 Å². The van der Waals surface area contributed by atoms with E-state index >= 15 is 0 Å². The standard InChI is InChI=1S/C22H34N6O2/c1-5-27(6-2)20(29)15-26-11-9-16(10-12-26)18-13-19-17(21(30)24-18)14-23-22(25-19)28(7-3)8-4/h13-14,16H,5-12,15H2,1-4H3,(H,24,30). The van der Waals surface area contributed by atoms with E-state index in [9.17, 15) is 9.59 Å². The quantitative estimate of drug-likeness (QED) is 0.713. The van der Waals surface area contributed by atoms with Crippen LogP contribution in [0.2, 0.25) is 0 Å². The summed E-state index contributed by atoms with van der Waals surface area (Å²) in [6.07, 6.45) is 3.46. The van der Waals surface area contributed by atoms with Gasteiger partial charge in [-0.1, -0.05) is 0 Å². The summed E-state index contributed by atoms with van der Waals surface area (Å²) in [5.41, 5.74) is 1.50. The second-order valence-electron chi connectivity index (χ2n) is 7.81. The van der Waals surface area contributed by atoms with Gasteiger partial charge in [0, 0.05) is 44.0 Å². The molecular formula is C22H34N6O2. The Hall–Kier alpha value is -2.48. The number of carbonyl (C=O) groups excluding carboxylic acids is 1. The highest BCUT2D eigenvalue weighted by atomic mass is 16.2. The number of carbonyl (C=O) groups is 1. The van der Waals surface area contributed by atoms with Crippen molar-refractivity contribution in [3.8, 4) is 0 Å². The van der Waals surface area contributed by atoms with Gasteiger partial charge in [-0.3, -0.25) is 14.5 Å². The van der Waals surface area contributed by atoms with Gasteiger partial charge in [-0.25, -0.2) is 9.97 Å². The number of nitrogens with zero attached hydrogens (tertiary/aromatic N) is 5. The van der Waals surface area contributed by atoms with Crippen LogP contribution in [0.1, 0.15) is 52.1 Å². The first-order valence-corrected chi connectivity index (χ1v) is 11.2. The maximum atomic E-state index is 12.6. The number of H-pyrrole nitrogens is 1. The van der Waals surface area contributed by atoms with E-state index in [-0.39, 0.29) is 17.4 Å². The van der Waals surface area contributed by atoms with Crippen LogP contribution < -0.4 is 10.5 Å². The molecular weight excluding hydrogens is 380 g/mol. The largest absolute Gasteiger partial charge is 0.342 e. The molecule has 1 saturated heterocycles. The summed E-state index contributed by atoms with van der Waals surface area (Å²) in [5.74, 6) is 1.13. The highest BCUT2D eigenvalue weighted by Crippen LogP contribution is 2.27. The molecule has 0 aliphatic carbocycles. The second kappa shape index (κ2) is 10.0.